The number of fused-ring (bicyclic) bond motifs is 2. The molecule has 1 atom stereocenters. The number of phenolic OH excluding ortho intramolecular Hbond substituents is 1. The molecule has 4 nitrogen and oxygen atoms in total. The number of aryl methyl sites for hydroxylation is 2. The molecule has 1 N–H and O–H groups in total. The van der Waals surface area contributed by atoms with Gasteiger partial charge < -0.3 is 14.9 Å². The second-order valence-electron chi connectivity index (χ2n) is 8.06. The fraction of sp³-hybridized carbons (Fsp3) is 0.308. The first-order chi connectivity index (χ1) is 14.4. The average Bonchev–Trinajstić information content (AvgIpc) is 2.74. The van der Waals surface area contributed by atoms with Gasteiger partial charge in [-0.1, -0.05) is 43.8 Å². The second-order valence-corrected chi connectivity index (χ2v) is 9.48. The molecular weight excluding hydrogens is 404 g/mol. The summed E-state index contributed by atoms with van der Waals surface area (Å²) in [5.41, 5.74) is 6.30. The van der Waals surface area contributed by atoms with Crippen molar-refractivity contribution in [2.75, 3.05) is 25.0 Å². The van der Waals surface area contributed by atoms with Crippen molar-refractivity contribution >= 4 is 22.2 Å². The van der Waals surface area contributed by atoms with Crippen molar-refractivity contribution in [2.24, 2.45) is 0 Å². The summed E-state index contributed by atoms with van der Waals surface area (Å²) in [6, 6.07) is 17.9. The number of hydrogen-bond donors (Lipinski definition) is 1. The molecule has 164 valence electrons. The fourth-order valence-electron chi connectivity index (χ4n) is 4.06. The Morgan fingerprint density at radius 3 is 2.45 bits per heavy atom. The van der Waals surface area contributed by atoms with Crippen molar-refractivity contribution in [2.45, 2.75) is 44.5 Å². The van der Waals surface area contributed by atoms with Crippen molar-refractivity contribution < 1.29 is 9.32 Å². The minimum absolute atomic E-state index is 0. The number of nitrogens with zero attached hydrogens (tertiary/aromatic N) is 2. The van der Waals surface area contributed by atoms with Crippen molar-refractivity contribution in [3.8, 4) is 5.75 Å². The molecule has 31 heavy (non-hydrogen) atoms. The van der Waals surface area contributed by atoms with E-state index in [2.05, 4.69) is 42.8 Å². The third-order valence-electron chi connectivity index (χ3n) is 5.96. The maximum atomic E-state index is 13.2. The molecule has 1 aliphatic rings. The van der Waals surface area contributed by atoms with E-state index in [4.69, 9.17) is 0 Å². The second kappa shape index (κ2) is 9.25. The molecule has 0 aromatic heterocycles. The quantitative estimate of drug-likeness (QED) is 0.557. The van der Waals surface area contributed by atoms with Gasteiger partial charge in [-0.15, -0.1) is 0 Å². The molecule has 3 aromatic rings. The Hall–Kier alpha value is -2.63. The number of para-hydroxylation sites is 2. The summed E-state index contributed by atoms with van der Waals surface area (Å²) in [6.07, 6.45) is 0. The zero-order chi connectivity index (χ0) is 21.4. The molecule has 0 bridgehead atoms. The van der Waals surface area contributed by atoms with E-state index in [0.717, 1.165) is 45.4 Å². The highest BCUT2D eigenvalue weighted by Gasteiger charge is 2.29. The Morgan fingerprint density at radius 2 is 1.68 bits per heavy atom. The van der Waals surface area contributed by atoms with E-state index in [1.807, 2.05) is 49.4 Å². The highest BCUT2D eigenvalue weighted by atomic mass is 32.2. The molecule has 5 heteroatoms. The van der Waals surface area contributed by atoms with Crippen LogP contribution in [0.5, 0.6) is 5.75 Å². The lowest BCUT2D eigenvalue weighted by Crippen LogP contribution is -2.33. The Morgan fingerprint density at radius 1 is 0.935 bits per heavy atom. The van der Waals surface area contributed by atoms with Crippen LogP contribution in [0.3, 0.4) is 0 Å². The third-order valence-corrected chi connectivity index (χ3v) is 7.43. The topological polar surface area (TPSA) is 43.8 Å². The summed E-state index contributed by atoms with van der Waals surface area (Å²) in [4.78, 5) is 6.28. The maximum Gasteiger partial charge on any atom is 0.122 e. The van der Waals surface area contributed by atoms with Crippen LogP contribution in [-0.2, 0) is 17.3 Å². The molecule has 0 spiro atoms. The standard InChI is InChI=1S/C25H28N2O2S.CH4/c1-17-12-13-23-24(19(17)3)27(21-10-5-6-11-22(21)30(23)29)15-14-26(4)16-20-9-7-8-18(2)25(20)28;/h5-13,28H,14-16H2,1-4H3;1H4. The van der Waals surface area contributed by atoms with Crippen LogP contribution in [0.2, 0.25) is 0 Å². The Labute approximate surface area is 188 Å². The van der Waals surface area contributed by atoms with E-state index in [1.165, 1.54) is 11.1 Å². The number of rotatable bonds is 5. The first kappa shape index (κ1) is 23.0. The van der Waals surface area contributed by atoms with Crippen LogP contribution >= 0.6 is 0 Å². The van der Waals surface area contributed by atoms with E-state index in [1.54, 1.807) is 0 Å². The van der Waals surface area contributed by atoms with Crippen LogP contribution in [0.25, 0.3) is 0 Å². The molecule has 0 aliphatic carbocycles. The van der Waals surface area contributed by atoms with E-state index < -0.39 is 10.8 Å². The fourth-order valence-corrected chi connectivity index (χ4v) is 5.50. The molecule has 1 aliphatic heterocycles. The Kier molecular flexibility index (Phi) is 6.87. The predicted octanol–water partition coefficient (Wildman–Crippen LogP) is 5.70. The molecule has 1 heterocycles. The lowest BCUT2D eigenvalue weighted by molar-refractivity contribution is 0.327. The van der Waals surface area contributed by atoms with E-state index in [0.29, 0.717) is 12.3 Å². The smallest absolute Gasteiger partial charge is 0.122 e. The number of hydrogen-bond acceptors (Lipinski definition) is 4. The van der Waals surface area contributed by atoms with Crippen molar-refractivity contribution in [3.63, 3.8) is 0 Å². The van der Waals surface area contributed by atoms with Gasteiger partial charge in [-0.05, 0) is 62.7 Å². The number of aromatic hydroxyl groups is 1. The first-order valence-electron chi connectivity index (χ1n) is 10.2. The molecule has 0 saturated carbocycles. The minimum Gasteiger partial charge on any atom is -0.507 e. The van der Waals surface area contributed by atoms with Gasteiger partial charge in [0.1, 0.15) is 5.75 Å². The molecule has 3 aromatic carbocycles. The summed E-state index contributed by atoms with van der Waals surface area (Å²) >= 11 is 0. The van der Waals surface area contributed by atoms with E-state index in [-0.39, 0.29) is 7.43 Å². The zero-order valence-corrected chi connectivity index (χ0v) is 18.8. The van der Waals surface area contributed by atoms with Crippen LogP contribution < -0.4 is 4.90 Å². The highest BCUT2D eigenvalue weighted by molar-refractivity contribution is 7.85. The summed E-state index contributed by atoms with van der Waals surface area (Å²) < 4.78 is 13.2. The Balaban J connectivity index is 0.00000272. The van der Waals surface area contributed by atoms with Gasteiger partial charge in [-0.3, -0.25) is 0 Å². The monoisotopic (exact) mass is 436 g/mol. The average molecular weight is 437 g/mol. The number of likely N-dealkylation sites (N-methyl/N-ethyl adjacent to an activating group) is 1. The van der Waals surface area contributed by atoms with Crippen LogP contribution in [0.1, 0.15) is 29.7 Å². The number of benzene rings is 3. The van der Waals surface area contributed by atoms with Crippen LogP contribution in [0, 0.1) is 20.8 Å². The van der Waals surface area contributed by atoms with E-state index >= 15 is 0 Å². The third kappa shape index (κ3) is 4.25. The first-order valence-corrected chi connectivity index (χ1v) is 11.4. The largest absolute Gasteiger partial charge is 0.507 e. The zero-order valence-electron chi connectivity index (χ0n) is 18.0. The minimum atomic E-state index is -1.17. The molecular formula is C26H32N2O2S. The van der Waals surface area contributed by atoms with Gasteiger partial charge >= 0.3 is 0 Å². The van der Waals surface area contributed by atoms with Gasteiger partial charge in [0, 0.05) is 25.2 Å². The molecule has 0 fully saturated rings. The van der Waals surface area contributed by atoms with Crippen LogP contribution in [0.15, 0.2) is 64.4 Å². The summed E-state index contributed by atoms with van der Waals surface area (Å²) in [6.45, 7) is 8.39. The molecule has 4 rings (SSSR count). The van der Waals surface area contributed by atoms with Gasteiger partial charge in [0.2, 0.25) is 0 Å². The molecule has 0 amide bonds. The van der Waals surface area contributed by atoms with Crippen LogP contribution in [0.4, 0.5) is 11.4 Å². The molecule has 0 radical (unpaired) electrons. The van der Waals surface area contributed by atoms with Gasteiger partial charge in [-0.25, -0.2) is 4.21 Å². The van der Waals surface area contributed by atoms with Gasteiger partial charge in [0.25, 0.3) is 0 Å². The molecule has 0 saturated heterocycles. The van der Waals surface area contributed by atoms with Gasteiger partial charge in [-0.2, -0.15) is 0 Å². The van der Waals surface area contributed by atoms with Crippen LogP contribution in [-0.4, -0.2) is 34.4 Å². The maximum absolute atomic E-state index is 13.2. The number of anilines is 2. The lowest BCUT2D eigenvalue weighted by atomic mass is 10.1. The lowest BCUT2D eigenvalue weighted by Gasteiger charge is -2.35. The predicted molar refractivity (Wildman–Crippen MR) is 130 cm³/mol. The summed E-state index contributed by atoms with van der Waals surface area (Å²) in [5.74, 6) is 0.375. The number of phenols is 1. The van der Waals surface area contributed by atoms with Gasteiger partial charge in [0.05, 0.1) is 32.0 Å². The van der Waals surface area contributed by atoms with Crippen molar-refractivity contribution in [1.82, 2.24) is 4.90 Å². The van der Waals surface area contributed by atoms with E-state index in [9.17, 15) is 9.32 Å². The Bertz CT molecular complexity index is 1130. The highest BCUT2D eigenvalue weighted by Crippen LogP contribution is 2.44. The summed E-state index contributed by atoms with van der Waals surface area (Å²) in [5, 5.41) is 10.3. The SMILES string of the molecule is C.Cc1ccc2c(c1C)N(CCN(C)Cc1cccc(C)c1O)c1ccccc1S2=O. The summed E-state index contributed by atoms with van der Waals surface area (Å²) in [7, 11) is 0.900. The van der Waals surface area contributed by atoms with Crippen molar-refractivity contribution in [3.05, 3.63) is 76.9 Å². The molecule has 1 unspecified atom stereocenters. The van der Waals surface area contributed by atoms with Gasteiger partial charge in [0.15, 0.2) is 0 Å². The normalized spacial score (nSPS) is 14.7. The van der Waals surface area contributed by atoms with Crippen molar-refractivity contribution in [1.29, 1.82) is 0 Å².